The van der Waals surface area contributed by atoms with Crippen molar-refractivity contribution in [2.75, 3.05) is 0 Å². The molecule has 3 rings (SSSR count). The summed E-state index contributed by atoms with van der Waals surface area (Å²) in [5, 5.41) is 7.35. The van der Waals surface area contributed by atoms with Crippen LogP contribution in [0.5, 0.6) is 0 Å². The van der Waals surface area contributed by atoms with E-state index in [1.807, 2.05) is 44.2 Å². The van der Waals surface area contributed by atoms with Crippen molar-refractivity contribution < 1.29 is 4.79 Å². The van der Waals surface area contributed by atoms with E-state index in [0.717, 1.165) is 14.8 Å². The minimum Gasteiger partial charge on any atom is -0.348 e. The van der Waals surface area contributed by atoms with Gasteiger partial charge in [0.25, 0.3) is 11.5 Å². The Morgan fingerprint density at radius 1 is 1.07 bits per heavy atom. The fourth-order valence-electron chi connectivity index (χ4n) is 3.00. The number of benzene rings is 2. The largest absolute Gasteiger partial charge is 0.352 e. The first-order chi connectivity index (χ1) is 14.3. The molecule has 2 aromatic carbocycles. The lowest BCUT2D eigenvalue weighted by Crippen LogP contribution is -2.48. The number of halogens is 1. The fraction of sp³-hybridized carbons (Fsp3) is 0.273. The highest BCUT2D eigenvalue weighted by Gasteiger charge is 2.24. The topological polar surface area (TPSA) is 86.0 Å². The van der Waals surface area contributed by atoms with Gasteiger partial charge in [-0.2, -0.15) is 9.78 Å². The highest BCUT2D eigenvalue weighted by molar-refractivity contribution is 6.30. The van der Waals surface area contributed by atoms with E-state index in [0.29, 0.717) is 17.1 Å². The molecule has 3 aromatic rings. The van der Waals surface area contributed by atoms with Gasteiger partial charge in [-0.1, -0.05) is 48.9 Å². The van der Waals surface area contributed by atoms with Crippen molar-refractivity contribution in [3.05, 3.63) is 91.7 Å². The summed E-state index contributed by atoms with van der Waals surface area (Å²) < 4.78 is 2.12. The number of hydrogen-bond acceptors (Lipinski definition) is 4. The van der Waals surface area contributed by atoms with E-state index in [1.54, 1.807) is 31.2 Å². The van der Waals surface area contributed by atoms with Gasteiger partial charge in [0.2, 0.25) is 5.69 Å². The van der Waals surface area contributed by atoms with Gasteiger partial charge in [-0.05, 0) is 50.1 Å². The number of hydrogen-bond donors (Lipinski definition) is 1. The molecule has 0 aliphatic rings. The fourth-order valence-corrected chi connectivity index (χ4v) is 3.12. The van der Waals surface area contributed by atoms with E-state index in [9.17, 15) is 14.4 Å². The van der Waals surface area contributed by atoms with Crippen molar-refractivity contribution in [2.24, 2.45) is 0 Å². The second-order valence-electron chi connectivity index (χ2n) is 7.06. The number of nitrogens with zero attached hydrogens (tertiary/aromatic N) is 3. The summed E-state index contributed by atoms with van der Waals surface area (Å²) in [6.07, 6.45) is 0.692. The van der Waals surface area contributed by atoms with Crippen LogP contribution in [0.4, 0.5) is 0 Å². The Morgan fingerprint density at radius 3 is 2.30 bits per heavy atom. The zero-order chi connectivity index (χ0) is 21.8. The molecule has 0 aliphatic carbocycles. The molecule has 2 atom stereocenters. The minimum absolute atomic E-state index is 0.144. The monoisotopic (exact) mass is 426 g/mol. The molecular weight excluding hydrogens is 404 g/mol. The zero-order valence-corrected chi connectivity index (χ0v) is 17.8. The maximum atomic E-state index is 13.2. The summed E-state index contributed by atoms with van der Waals surface area (Å²) in [6.45, 7) is 5.49. The molecule has 0 saturated carbocycles. The maximum Gasteiger partial charge on any atom is 0.352 e. The number of amides is 1. The van der Waals surface area contributed by atoms with Crippen molar-refractivity contribution >= 4 is 17.5 Å². The summed E-state index contributed by atoms with van der Waals surface area (Å²) in [7, 11) is 0. The number of nitrogens with one attached hydrogen (secondary N) is 1. The van der Waals surface area contributed by atoms with Crippen LogP contribution in [0.25, 0.3) is 5.69 Å². The van der Waals surface area contributed by atoms with Gasteiger partial charge in [-0.15, -0.1) is 0 Å². The number of aromatic nitrogens is 3. The normalized spacial score (nSPS) is 12.9. The van der Waals surface area contributed by atoms with Crippen LogP contribution >= 0.6 is 11.6 Å². The summed E-state index contributed by atoms with van der Waals surface area (Å²) in [4.78, 5) is 39.2. The maximum absolute atomic E-state index is 13.2. The van der Waals surface area contributed by atoms with Crippen LogP contribution in [0, 0.1) is 0 Å². The molecule has 1 heterocycles. The summed E-state index contributed by atoms with van der Waals surface area (Å²) >= 11 is 5.95. The van der Waals surface area contributed by atoms with Gasteiger partial charge in [-0.25, -0.2) is 9.36 Å². The first-order valence-corrected chi connectivity index (χ1v) is 10.1. The number of carbonyl (C=O) groups excluding carboxylic acids is 1. The molecule has 0 aliphatic heterocycles. The third-order valence-electron chi connectivity index (χ3n) is 4.95. The molecule has 0 unspecified atom stereocenters. The van der Waals surface area contributed by atoms with Gasteiger partial charge in [0, 0.05) is 11.1 Å². The Morgan fingerprint density at radius 2 is 1.70 bits per heavy atom. The van der Waals surface area contributed by atoms with Crippen LogP contribution in [0.1, 0.15) is 49.3 Å². The Bertz CT molecular complexity index is 1150. The van der Waals surface area contributed by atoms with E-state index in [2.05, 4.69) is 10.4 Å². The molecule has 1 amide bonds. The van der Waals surface area contributed by atoms with Gasteiger partial charge in [0.15, 0.2) is 0 Å². The van der Waals surface area contributed by atoms with Crippen molar-refractivity contribution in [3.8, 4) is 5.69 Å². The van der Waals surface area contributed by atoms with Gasteiger partial charge in [-0.3, -0.25) is 9.59 Å². The molecular formula is C22H23ClN4O3. The molecule has 8 heteroatoms. The van der Waals surface area contributed by atoms with Crippen molar-refractivity contribution in [2.45, 2.75) is 39.3 Å². The predicted octanol–water partition coefficient (Wildman–Crippen LogP) is 3.19. The standard InChI is InChI=1S/C22H23ClN4O3/c1-4-14(2)24-20(28)19-21(29)26(15(3)16-8-6-5-7-9-16)22(30)27(25-19)18-12-10-17(23)11-13-18/h5-15H,4H2,1-3H3,(H,24,28)/t14-,15-/m1/s1. The average Bonchev–Trinajstić information content (AvgIpc) is 2.75. The molecule has 0 fully saturated rings. The van der Waals surface area contributed by atoms with E-state index in [1.165, 1.54) is 0 Å². The van der Waals surface area contributed by atoms with Gasteiger partial charge >= 0.3 is 5.69 Å². The molecule has 7 nitrogen and oxygen atoms in total. The first kappa shape index (κ1) is 21.5. The third kappa shape index (κ3) is 4.36. The predicted molar refractivity (Wildman–Crippen MR) is 117 cm³/mol. The molecule has 0 radical (unpaired) electrons. The van der Waals surface area contributed by atoms with E-state index in [4.69, 9.17) is 11.6 Å². The molecule has 156 valence electrons. The van der Waals surface area contributed by atoms with Crippen LogP contribution in [-0.4, -0.2) is 26.3 Å². The van der Waals surface area contributed by atoms with Crippen LogP contribution in [-0.2, 0) is 0 Å². The lowest BCUT2D eigenvalue weighted by molar-refractivity contribution is 0.0929. The zero-order valence-electron chi connectivity index (χ0n) is 17.0. The number of rotatable bonds is 6. The van der Waals surface area contributed by atoms with Gasteiger partial charge < -0.3 is 5.32 Å². The Kier molecular flexibility index (Phi) is 6.52. The van der Waals surface area contributed by atoms with Gasteiger partial charge in [0.1, 0.15) is 0 Å². The summed E-state index contributed by atoms with van der Waals surface area (Å²) in [5.74, 6) is -0.619. The van der Waals surface area contributed by atoms with Crippen molar-refractivity contribution in [1.82, 2.24) is 19.7 Å². The Hall–Kier alpha value is -3.19. The van der Waals surface area contributed by atoms with Crippen molar-refractivity contribution in [1.29, 1.82) is 0 Å². The molecule has 1 N–H and O–H groups in total. The van der Waals surface area contributed by atoms with E-state index in [-0.39, 0.29) is 11.7 Å². The van der Waals surface area contributed by atoms with Crippen LogP contribution in [0.3, 0.4) is 0 Å². The highest BCUT2D eigenvalue weighted by atomic mass is 35.5. The van der Waals surface area contributed by atoms with Crippen LogP contribution in [0.2, 0.25) is 5.02 Å². The summed E-state index contributed by atoms with van der Waals surface area (Å²) in [6, 6.07) is 14.8. The number of carbonyl (C=O) groups is 1. The van der Waals surface area contributed by atoms with Crippen molar-refractivity contribution in [3.63, 3.8) is 0 Å². The molecule has 0 saturated heterocycles. The SMILES string of the molecule is CC[C@@H](C)NC(=O)c1nn(-c2ccc(Cl)cc2)c(=O)n([C@H](C)c2ccccc2)c1=O. The van der Waals surface area contributed by atoms with E-state index < -0.39 is 23.2 Å². The van der Waals surface area contributed by atoms with Gasteiger partial charge in [0.05, 0.1) is 11.7 Å². The van der Waals surface area contributed by atoms with E-state index >= 15 is 0 Å². The Balaban J connectivity index is 2.24. The smallest absolute Gasteiger partial charge is 0.348 e. The molecule has 30 heavy (non-hydrogen) atoms. The highest BCUT2D eigenvalue weighted by Crippen LogP contribution is 2.15. The lowest BCUT2D eigenvalue weighted by atomic mass is 10.1. The first-order valence-electron chi connectivity index (χ1n) is 9.71. The second-order valence-corrected chi connectivity index (χ2v) is 7.50. The Labute approximate surface area is 178 Å². The second kappa shape index (κ2) is 9.09. The quantitative estimate of drug-likeness (QED) is 0.655. The molecule has 0 spiro atoms. The average molecular weight is 427 g/mol. The lowest BCUT2D eigenvalue weighted by Gasteiger charge is -2.18. The van der Waals surface area contributed by atoms with Crippen LogP contribution in [0.15, 0.2) is 64.2 Å². The summed E-state index contributed by atoms with van der Waals surface area (Å²) in [5.41, 5.74) is -0.552. The molecule has 0 bridgehead atoms. The third-order valence-corrected chi connectivity index (χ3v) is 5.21. The van der Waals surface area contributed by atoms with Crippen LogP contribution < -0.4 is 16.6 Å². The minimum atomic E-state index is -0.734. The molecule has 1 aromatic heterocycles.